The van der Waals surface area contributed by atoms with E-state index in [9.17, 15) is 18.3 Å². The third kappa shape index (κ3) is 4.04. The van der Waals surface area contributed by atoms with Crippen LogP contribution in [0.15, 0.2) is 42.5 Å². The first kappa shape index (κ1) is 18.5. The van der Waals surface area contributed by atoms with Crippen LogP contribution in [0.3, 0.4) is 0 Å². The van der Waals surface area contributed by atoms with E-state index in [-0.39, 0.29) is 18.1 Å². The molecule has 3 aromatic rings. The van der Waals surface area contributed by atoms with E-state index in [1.54, 1.807) is 10.6 Å². The van der Waals surface area contributed by atoms with Crippen molar-refractivity contribution in [3.05, 3.63) is 48.0 Å². The van der Waals surface area contributed by atoms with Gasteiger partial charge in [-0.1, -0.05) is 6.07 Å². The second kappa shape index (κ2) is 7.31. The molecule has 1 aliphatic carbocycles. The number of alkyl halides is 3. The Morgan fingerprint density at radius 3 is 2.57 bits per heavy atom. The molecule has 2 heterocycles. The molecule has 2 unspecified atom stereocenters. The molecule has 1 aliphatic rings. The molecule has 2 atom stereocenters. The molecule has 0 spiro atoms. The fourth-order valence-corrected chi connectivity index (χ4v) is 3.44. The van der Waals surface area contributed by atoms with Gasteiger partial charge in [0.1, 0.15) is 5.82 Å². The van der Waals surface area contributed by atoms with Gasteiger partial charge in [-0.05, 0) is 62.1 Å². The average Bonchev–Trinajstić information content (AvgIpc) is 3.05. The highest BCUT2D eigenvalue weighted by Crippen LogP contribution is 2.30. The zero-order chi connectivity index (χ0) is 19.7. The van der Waals surface area contributed by atoms with Crippen molar-refractivity contribution in [1.82, 2.24) is 14.6 Å². The minimum atomic E-state index is -4.37. The molecule has 2 aromatic heterocycles. The van der Waals surface area contributed by atoms with Crippen LogP contribution in [0.1, 0.15) is 31.2 Å². The molecular formula is C19H20F3N5O. The minimum absolute atomic E-state index is 0.157. The normalized spacial score (nSPS) is 20.3. The van der Waals surface area contributed by atoms with Gasteiger partial charge in [-0.15, -0.1) is 5.10 Å². The summed E-state index contributed by atoms with van der Waals surface area (Å²) >= 11 is 0. The Kier molecular flexibility index (Phi) is 4.84. The van der Waals surface area contributed by atoms with Crippen LogP contribution >= 0.6 is 0 Å². The topological polar surface area (TPSA) is 74.5 Å². The molecule has 1 saturated carbocycles. The van der Waals surface area contributed by atoms with E-state index in [0.29, 0.717) is 17.8 Å². The maximum atomic E-state index is 12.7. The summed E-state index contributed by atoms with van der Waals surface area (Å²) in [6.07, 6.45) is -1.22. The van der Waals surface area contributed by atoms with Crippen molar-refractivity contribution in [3.63, 3.8) is 0 Å². The van der Waals surface area contributed by atoms with Crippen LogP contribution in [-0.2, 0) is 6.18 Å². The number of fused-ring (bicyclic) bond motifs is 1. The first-order chi connectivity index (χ1) is 13.4. The van der Waals surface area contributed by atoms with Crippen LogP contribution in [0, 0.1) is 0 Å². The van der Waals surface area contributed by atoms with Crippen molar-refractivity contribution in [2.75, 3.05) is 10.6 Å². The van der Waals surface area contributed by atoms with Gasteiger partial charge in [0, 0.05) is 11.7 Å². The summed E-state index contributed by atoms with van der Waals surface area (Å²) < 4.78 is 39.7. The molecule has 148 valence electrons. The molecule has 4 rings (SSSR count). The Hall–Kier alpha value is -2.81. The molecule has 28 heavy (non-hydrogen) atoms. The first-order valence-electron chi connectivity index (χ1n) is 9.13. The molecular weight excluding hydrogens is 371 g/mol. The van der Waals surface area contributed by atoms with Gasteiger partial charge in [0.2, 0.25) is 5.95 Å². The number of nitrogens with one attached hydrogen (secondary N) is 2. The Labute approximate surface area is 159 Å². The second-order valence-electron chi connectivity index (χ2n) is 6.98. The lowest BCUT2D eigenvalue weighted by molar-refractivity contribution is -0.137. The van der Waals surface area contributed by atoms with Crippen LogP contribution in [0.25, 0.3) is 5.65 Å². The summed E-state index contributed by atoms with van der Waals surface area (Å²) in [6, 6.07) is 10.4. The van der Waals surface area contributed by atoms with E-state index in [4.69, 9.17) is 0 Å². The predicted octanol–water partition coefficient (Wildman–Crippen LogP) is 4.21. The van der Waals surface area contributed by atoms with Gasteiger partial charge in [0.15, 0.2) is 5.65 Å². The van der Waals surface area contributed by atoms with Gasteiger partial charge in [0.25, 0.3) is 0 Å². The number of aliphatic hydroxyl groups is 1. The molecule has 0 saturated heterocycles. The molecule has 3 N–H and O–H groups in total. The Balaban J connectivity index is 1.53. The third-order valence-electron chi connectivity index (χ3n) is 4.83. The minimum Gasteiger partial charge on any atom is -0.393 e. The van der Waals surface area contributed by atoms with Crippen molar-refractivity contribution < 1.29 is 18.3 Å². The summed E-state index contributed by atoms with van der Waals surface area (Å²) in [4.78, 5) is 4.38. The molecule has 9 heteroatoms. The molecule has 0 amide bonds. The van der Waals surface area contributed by atoms with Crippen molar-refractivity contribution in [3.8, 4) is 0 Å². The van der Waals surface area contributed by atoms with Crippen LogP contribution < -0.4 is 10.6 Å². The van der Waals surface area contributed by atoms with Crippen molar-refractivity contribution >= 4 is 23.1 Å². The standard InChI is InChI=1S/C19H20F3N5O/c20-19(21,22)12-7-9-13(10-8-12)24-18-25-17-6-2-5-16(27(17)26-18)23-14-3-1-4-15(28)11-14/h2,5-10,14-15,23,28H,1,3-4,11H2,(H,24,26). The summed E-state index contributed by atoms with van der Waals surface area (Å²) in [7, 11) is 0. The van der Waals surface area contributed by atoms with E-state index in [0.717, 1.165) is 37.2 Å². The lowest BCUT2D eigenvalue weighted by atomic mass is 9.93. The van der Waals surface area contributed by atoms with E-state index in [1.165, 1.54) is 12.1 Å². The highest BCUT2D eigenvalue weighted by atomic mass is 19.4. The highest BCUT2D eigenvalue weighted by Gasteiger charge is 2.30. The van der Waals surface area contributed by atoms with Crippen molar-refractivity contribution in [2.24, 2.45) is 0 Å². The Morgan fingerprint density at radius 2 is 1.86 bits per heavy atom. The molecule has 0 radical (unpaired) electrons. The van der Waals surface area contributed by atoms with E-state index in [1.807, 2.05) is 12.1 Å². The van der Waals surface area contributed by atoms with Crippen LogP contribution in [0.5, 0.6) is 0 Å². The van der Waals surface area contributed by atoms with Crippen molar-refractivity contribution in [2.45, 2.75) is 44.0 Å². The zero-order valence-electron chi connectivity index (χ0n) is 14.9. The van der Waals surface area contributed by atoms with E-state index >= 15 is 0 Å². The lowest BCUT2D eigenvalue weighted by Gasteiger charge is -2.27. The van der Waals surface area contributed by atoms with Crippen LogP contribution in [0.2, 0.25) is 0 Å². The molecule has 6 nitrogen and oxygen atoms in total. The van der Waals surface area contributed by atoms with Gasteiger partial charge in [0.05, 0.1) is 11.7 Å². The van der Waals surface area contributed by atoms with Gasteiger partial charge in [-0.25, -0.2) is 0 Å². The van der Waals surface area contributed by atoms with E-state index in [2.05, 4.69) is 20.7 Å². The van der Waals surface area contributed by atoms with Crippen LogP contribution in [0.4, 0.5) is 30.6 Å². The van der Waals surface area contributed by atoms with Crippen molar-refractivity contribution in [1.29, 1.82) is 0 Å². The number of aromatic nitrogens is 3. The molecule has 1 aromatic carbocycles. The predicted molar refractivity (Wildman–Crippen MR) is 99.6 cm³/mol. The fraction of sp³-hybridized carbons (Fsp3) is 0.368. The Bertz CT molecular complexity index is 954. The number of anilines is 3. The monoisotopic (exact) mass is 391 g/mol. The summed E-state index contributed by atoms with van der Waals surface area (Å²) in [5, 5.41) is 20.6. The van der Waals surface area contributed by atoms with Crippen LogP contribution in [-0.4, -0.2) is 31.9 Å². The maximum Gasteiger partial charge on any atom is 0.416 e. The highest BCUT2D eigenvalue weighted by molar-refractivity contribution is 5.58. The van der Waals surface area contributed by atoms with Gasteiger partial charge >= 0.3 is 6.18 Å². The number of pyridine rings is 1. The van der Waals surface area contributed by atoms with Gasteiger partial charge < -0.3 is 15.7 Å². The number of hydrogen-bond donors (Lipinski definition) is 3. The quantitative estimate of drug-likeness (QED) is 0.621. The van der Waals surface area contributed by atoms with Gasteiger partial charge in [-0.2, -0.15) is 22.7 Å². The third-order valence-corrected chi connectivity index (χ3v) is 4.83. The number of benzene rings is 1. The smallest absolute Gasteiger partial charge is 0.393 e. The number of hydrogen-bond acceptors (Lipinski definition) is 5. The molecule has 0 aliphatic heterocycles. The Morgan fingerprint density at radius 1 is 1.07 bits per heavy atom. The largest absolute Gasteiger partial charge is 0.416 e. The molecule has 0 bridgehead atoms. The summed E-state index contributed by atoms with van der Waals surface area (Å²) in [5.41, 5.74) is 0.367. The SMILES string of the molecule is OC1CCCC(Nc2cccc3nc(Nc4ccc(C(F)(F)F)cc4)nn23)C1. The lowest BCUT2D eigenvalue weighted by Crippen LogP contribution is -2.30. The zero-order valence-corrected chi connectivity index (χ0v) is 14.9. The second-order valence-corrected chi connectivity index (χ2v) is 6.98. The number of nitrogens with zero attached hydrogens (tertiary/aromatic N) is 3. The van der Waals surface area contributed by atoms with Gasteiger partial charge in [-0.3, -0.25) is 0 Å². The average molecular weight is 391 g/mol. The van der Waals surface area contributed by atoms with E-state index < -0.39 is 11.7 Å². The maximum absolute atomic E-state index is 12.7. The number of aliphatic hydroxyl groups excluding tert-OH is 1. The number of halogens is 3. The summed E-state index contributed by atoms with van der Waals surface area (Å²) in [6.45, 7) is 0. The summed E-state index contributed by atoms with van der Waals surface area (Å²) in [5.74, 6) is 1.04. The number of rotatable bonds is 4. The fourth-order valence-electron chi connectivity index (χ4n) is 3.44. The first-order valence-corrected chi connectivity index (χ1v) is 9.13. The molecule has 1 fully saturated rings.